The molecule has 1 N–H and O–H groups in total. The van der Waals surface area contributed by atoms with Gasteiger partial charge in [0.15, 0.2) is 5.16 Å². The number of fused-ring (bicyclic) bond motifs is 1. The molecule has 0 spiro atoms. The highest BCUT2D eigenvalue weighted by atomic mass is 32.2. The van der Waals surface area contributed by atoms with Gasteiger partial charge in [-0.3, -0.25) is 9.36 Å². The maximum atomic E-state index is 12.8. The van der Waals surface area contributed by atoms with E-state index in [0.717, 1.165) is 55.1 Å². The molecule has 3 aromatic rings. The summed E-state index contributed by atoms with van der Waals surface area (Å²) in [5, 5.41) is 22.7. The van der Waals surface area contributed by atoms with Gasteiger partial charge in [-0.2, -0.15) is 5.26 Å². The number of morpholine rings is 1. The molecule has 1 fully saturated rings. The third-order valence-corrected chi connectivity index (χ3v) is 7.92. The van der Waals surface area contributed by atoms with E-state index in [2.05, 4.69) is 32.5 Å². The summed E-state index contributed by atoms with van der Waals surface area (Å²) in [6.45, 7) is 4.84. The molecule has 1 aliphatic carbocycles. The van der Waals surface area contributed by atoms with Crippen molar-refractivity contribution < 1.29 is 9.53 Å². The normalized spacial score (nSPS) is 15.3. The predicted octanol–water partition coefficient (Wildman–Crippen LogP) is 3.57. The Morgan fingerprint density at radius 2 is 2.15 bits per heavy atom. The number of rotatable bonds is 6. The number of carbonyl (C=O) groups excluding carboxylic acids is 1. The van der Waals surface area contributed by atoms with Gasteiger partial charge in [-0.25, -0.2) is 0 Å². The smallest absolute Gasteiger partial charge is 0.235 e. The van der Waals surface area contributed by atoms with E-state index in [0.29, 0.717) is 28.9 Å². The highest BCUT2D eigenvalue weighted by Crippen LogP contribution is 2.38. The van der Waals surface area contributed by atoms with Crippen LogP contribution in [-0.2, 0) is 22.4 Å². The fourth-order valence-corrected chi connectivity index (χ4v) is 6.22. The van der Waals surface area contributed by atoms with E-state index in [1.54, 1.807) is 0 Å². The highest BCUT2D eigenvalue weighted by molar-refractivity contribution is 7.99. The fourth-order valence-electron chi connectivity index (χ4n) is 4.22. The number of nitrogens with one attached hydrogen (secondary N) is 1. The van der Waals surface area contributed by atoms with Gasteiger partial charge in [0, 0.05) is 18.0 Å². The van der Waals surface area contributed by atoms with Gasteiger partial charge < -0.3 is 15.0 Å². The van der Waals surface area contributed by atoms with E-state index in [1.165, 1.54) is 28.0 Å². The van der Waals surface area contributed by atoms with Gasteiger partial charge in [0.1, 0.15) is 11.1 Å². The monoisotopic (exact) mass is 480 g/mol. The molecule has 5 rings (SSSR count). The summed E-state index contributed by atoms with van der Waals surface area (Å²) in [5.41, 5.74) is 3.84. The lowest BCUT2D eigenvalue weighted by atomic mass is 10.1. The molecule has 0 saturated carbocycles. The van der Waals surface area contributed by atoms with E-state index >= 15 is 0 Å². The quantitative estimate of drug-likeness (QED) is 0.539. The number of benzene rings is 1. The van der Waals surface area contributed by atoms with Gasteiger partial charge in [0.2, 0.25) is 11.9 Å². The Balaban J connectivity index is 1.36. The number of aryl methyl sites for hydroxylation is 2. The average Bonchev–Trinajstić information content (AvgIpc) is 3.52. The molecule has 10 heteroatoms. The van der Waals surface area contributed by atoms with Gasteiger partial charge in [-0.05, 0) is 49.4 Å². The summed E-state index contributed by atoms with van der Waals surface area (Å²) in [6, 6.07) is 10.4. The molecule has 0 atom stereocenters. The second kappa shape index (κ2) is 9.55. The van der Waals surface area contributed by atoms with E-state index < -0.39 is 0 Å². The van der Waals surface area contributed by atoms with Crippen molar-refractivity contribution in [2.75, 3.05) is 42.3 Å². The molecule has 8 nitrogen and oxygen atoms in total. The van der Waals surface area contributed by atoms with Gasteiger partial charge >= 0.3 is 0 Å². The van der Waals surface area contributed by atoms with Crippen molar-refractivity contribution in [3.05, 3.63) is 45.8 Å². The first-order valence-corrected chi connectivity index (χ1v) is 12.8. The summed E-state index contributed by atoms with van der Waals surface area (Å²) in [7, 11) is 0. The van der Waals surface area contributed by atoms with Crippen LogP contribution in [0.3, 0.4) is 0 Å². The number of carbonyl (C=O) groups is 1. The third-order valence-electron chi connectivity index (χ3n) is 5.79. The first-order chi connectivity index (χ1) is 16.1. The Bertz CT molecular complexity index is 1220. The van der Waals surface area contributed by atoms with Crippen molar-refractivity contribution in [1.82, 2.24) is 14.8 Å². The minimum atomic E-state index is -0.150. The second-order valence-electron chi connectivity index (χ2n) is 8.07. The van der Waals surface area contributed by atoms with Crippen LogP contribution in [0.15, 0.2) is 29.4 Å². The van der Waals surface area contributed by atoms with Crippen LogP contribution in [0.4, 0.5) is 10.9 Å². The number of hydrogen-bond acceptors (Lipinski definition) is 8. The molecule has 1 saturated heterocycles. The van der Waals surface area contributed by atoms with Gasteiger partial charge in [0.05, 0.1) is 30.2 Å². The number of thiophene rings is 1. The zero-order valence-electron chi connectivity index (χ0n) is 18.3. The van der Waals surface area contributed by atoms with Crippen LogP contribution in [0.25, 0.3) is 5.69 Å². The Morgan fingerprint density at radius 3 is 2.94 bits per heavy atom. The molecule has 170 valence electrons. The Hall–Kier alpha value is -2.87. The van der Waals surface area contributed by atoms with E-state index in [9.17, 15) is 10.1 Å². The van der Waals surface area contributed by atoms with Crippen LogP contribution in [-0.4, -0.2) is 52.7 Å². The molecule has 1 aromatic carbocycles. The number of anilines is 2. The Morgan fingerprint density at radius 1 is 1.30 bits per heavy atom. The molecular formula is C23H24N6O2S2. The molecule has 1 aliphatic heterocycles. The number of ether oxygens (including phenoxy) is 1. The molecule has 2 aliphatic rings. The van der Waals surface area contributed by atoms with Crippen molar-refractivity contribution in [2.45, 2.75) is 31.3 Å². The molecule has 0 radical (unpaired) electrons. The SMILES string of the molecule is Cc1cccc(-n2c(SCC(=O)Nc3sc4c(c3C#N)CCC4)nnc2N2CCOCC2)c1. The molecular weight excluding hydrogens is 456 g/mol. The largest absolute Gasteiger partial charge is 0.378 e. The lowest BCUT2D eigenvalue weighted by Gasteiger charge is -2.28. The summed E-state index contributed by atoms with van der Waals surface area (Å²) in [5.74, 6) is 0.789. The number of thioether (sulfide) groups is 1. The van der Waals surface area contributed by atoms with Crippen molar-refractivity contribution >= 4 is 40.0 Å². The van der Waals surface area contributed by atoms with Crippen molar-refractivity contribution in [2.24, 2.45) is 0 Å². The molecule has 1 amide bonds. The number of amides is 1. The predicted molar refractivity (Wildman–Crippen MR) is 130 cm³/mol. The minimum absolute atomic E-state index is 0.150. The van der Waals surface area contributed by atoms with Gasteiger partial charge in [0.25, 0.3) is 0 Å². The first-order valence-electron chi connectivity index (χ1n) is 11.0. The first kappa shape index (κ1) is 21.9. The van der Waals surface area contributed by atoms with Crippen LogP contribution in [0.5, 0.6) is 0 Å². The van der Waals surface area contributed by atoms with Gasteiger partial charge in [-0.15, -0.1) is 21.5 Å². The van der Waals surface area contributed by atoms with Crippen molar-refractivity contribution in [3.63, 3.8) is 0 Å². The maximum absolute atomic E-state index is 12.8. The zero-order chi connectivity index (χ0) is 22.8. The highest BCUT2D eigenvalue weighted by Gasteiger charge is 2.25. The summed E-state index contributed by atoms with van der Waals surface area (Å²) in [6.07, 6.45) is 2.99. The Labute approximate surface area is 200 Å². The lowest BCUT2D eigenvalue weighted by molar-refractivity contribution is -0.113. The number of nitrogens with zero attached hydrogens (tertiary/aromatic N) is 5. The zero-order valence-corrected chi connectivity index (χ0v) is 20.0. The van der Waals surface area contributed by atoms with Crippen LogP contribution < -0.4 is 10.2 Å². The van der Waals surface area contributed by atoms with Crippen LogP contribution in [0, 0.1) is 18.3 Å². The molecule has 0 bridgehead atoms. The standard InChI is InChI=1S/C23H24N6O2S2/c1-15-4-2-5-16(12-15)29-22(28-8-10-31-11-9-28)26-27-23(29)32-14-20(30)25-21-18(13-24)17-6-3-7-19(17)33-21/h2,4-5,12H,3,6-11,14H2,1H3,(H,25,30). The lowest BCUT2D eigenvalue weighted by Crippen LogP contribution is -2.37. The number of aromatic nitrogens is 3. The van der Waals surface area contributed by atoms with Gasteiger partial charge in [-0.1, -0.05) is 23.9 Å². The summed E-state index contributed by atoms with van der Waals surface area (Å²) >= 11 is 2.88. The van der Waals surface area contributed by atoms with E-state index in [1.807, 2.05) is 29.7 Å². The molecule has 33 heavy (non-hydrogen) atoms. The molecule has 2 aromatic heterocycles. The fraction of sp³-hybridized carbons (Fsp3) is 0.391. The van der Waals surface area contributed by atoms with Crippen LogP contribution >= 0.6 is 23.1 Å². The summed E-state index contributed by atoms with van der Waals surface area (Å²) < 4.78 is 7.50. The topological polar surface area (TPSA) is 96.1 Å². The average molecular weight is 481 g/mol. The van der Waals surface area contributed by atoms with E-state index in [-0.39, 0.29) is 11.7 Å². The van der Waals surface area contributed by atoms with Crippen LogP contribution in [0.1, 0.15) is 28.0 Å². The number of nitriles is 1. The molecule has 3 heterocycles. The maximum Gasteiger partial charge on any atom is 0.235 e. The second-order valence-corrected chi connectivity index (χ2v) is 10.1. The third kappa shape index (κ3) is 4.49. The van der Waals surface area contributed by atoms with Crippen LogP contribution in [0.2, 0.25) is 0 Å². The molecule has 0 unspecified atom stereocenters. The minimum Gasteiger partial charge on any atom is -0.378 e. The summed E-state index contributed by atoms with van der Waals surface area (Å²) in [4.78, 5) is 16.2. The van der Waals surface area contributed by atoms with E-state index in [4.69, 9.17) is 4.74 Å². The van der Waals surface area contributed by atoms with Crippen molar-refractivity contribution in [3.8, 4) is 11.8 Å². The Kier molecular flexibility index (Phi) is 6.35. The van der Waals surface area contributed by atoms with Crippen molar-refractivity contribution in [1.29, 1.82) is 5.26 Å². The number of hydrogen-bond donors (Lipinski definition) is 1.